The fourth-order valence-corrected chi connectivity index (χ4v) is 9.87. The zero-order valence-corrected chi connectivity index (χ0v) is 57.8. The van der Waals surface area contributed by atoms with Crippen LogP contribution in [0.2, 0.25) is 0 Å². The first-order chi connectivity index (χ1) is 39.3. The smallest absolute Gasteiger partial charge is 0.396 e. The van der Waals surface area contributed by atoms with Crippen LogP contribution in [0.1, 0.15) is 291 Å². The van der Waals surface area contributed by atoms with Crippen molar-refractivity contribution in [1.82, 2.24) is 15.2 Å². The highest BCUT2D eigenvalue weighted by atomic mass is 19.4. The second-order valence-corrected chi connectivity index (χ2v) is 25.9. The molecule has 2 unspecified atom stereocenters. The fraction of sp³-hybridized carbons (Fsp3) is 0.971. The van der Waals surface area contributed by atoms with Gasteiger partial charge in [-0.1, -0.05) is 228 Å². The first-order valence-corrected chi connectivity index (χ1v) is 33.5. The predicted octanol–water partition coefficient (Wildman–Crippen LogP) is 19.6. The number of aromatic amines is 1. The molecule has 1 heterocycles. The van der Waals surface area contributed by atoms with E-state index in [4.69, 9.17) is 20.4 Å². The molecule has 1 rings (SSSR count). The van der Waals surface area contributed by atoms with Crippen molar-refractivity contribution in [2.75, 3.05) is 33.2 Å². The summed E-state index contributed by atoms with van der Waals surface area (Å²) in [4.78, 5) is 4.22. The van der Waals surface area contributed by atoms with Gasteiger partial charge in [-0.15, -0.1) is 0 Å². The standard InChI is InChI=1S/C10H19F3O.C10H20F2O.C10H21FO.C10H19N3.C10H22O.C9H19FO.C9H20O/c1-4-5-6-8(7(2)3)9(14)10(11,12)13;1-4-5-6-8(7(2)3)9(13)10(11)12;1-4-5-6-9(8(2)3)10(12)7-11;1-4-5-6-9(8(2)3)10-11-7-12-13-10;1-4-5-6-10(7-8-11)9(2)3;1-8(2)9(7-11)5-3-4-6-10;1-4-5-6-9(7-10)8(2)3/h7-9,14H,4-6H2,1-3H3;7-10,13H,4-6H2,1-3H3;8-10,12H,4-7H2,1-3H3;7-9H,4-6H2,1-3H3,(H,11,12,13);9-11H,4-8H2,1-3H3;8-9,11H,3-7H2,1-2H3;8-10H,4-7H2,1-3H3/t8-,9+;8-,9?;9-,10?;9-;10-;2*9-/m0000111/s1. The SMILES string of the molecule is CC(C)[C@@H](CO)CCCCF.CCCC[C@@H](C(C)C)C(O)C(F)F.CCCC[C@@H](C(C)C)C(O)CF.CCCC[C@@H](C(C)C)[C@@H](O)C(F)(F)F.CCCC[C@H](CCO)C(C)C.CCCC[C@H](CO)C(C)C.CCCC[C@H](c1ncn[nH]1)C(C)C. The lowest BCUT2D eigenvalue weighted by atomic mass is 9.85. The Hall–Kier alpha value is -1.59. The van der Waals surface area contributed by atoms with E-state index in [1.807, 2.05) is 41.5 Å². The molecule has 0 radical (unpaired) electrons. The van der Waals surface area contributed by atoms with Gasteiger partial charge in [-0.2, -0.15) is 18.3 Å². The summed E-state index contributed by atoms with van der Waals surface area (Å²) >= 11 is 0. The maximum Gasteiger partial charge on any atom is 0.414 e. The van der Waals surface area contributed by atoms with Crippen molar-refractivity contribution < 1.29 is 61.4 Å². The van der Waals surface area contributed by atoms with Gasteiger partial charge in [0.15, 0.2) is 6.10 Å². The van der Waals surface area contributed by atoms with Crippen LogP contribution in [-0.4, -0.2) is 110 Å². The van der Waals surface area contributed by atoms with Crippen LogP contribution in [0.5, 0.6) is 0 Å². The minimum absolute atomic E-state index is 0.121. The predicted molar refractivity (Wildman–Crippen MR) is 343 cm³/mol. The van der Waals surface area contributed by atoms with Crippen molar-refractivity contribution in [3.8, 4) is 0 Å². The van der Waals surface area contributed by atoms with Gasteiger partial charge in [0, 0.05) is 25.7 Å². The van der Waals surface area contributed by atoms with E-state index in [-0.39, 0.29) is 37.0 Å². The van der Waals surface area contributed by atoms with Crippen LogP contribution in [-0.2, 0) is 0 Å². The molecule has 0 aliphatic heterocycles. The van der Waals surface area contributed by atoms with Gasteiger partial charge >= 0.3 is 6.18 Å². The molecule has 1 aromatic rings. The Morgan fingerprint density at radius 3 is 1.12 bits per heavy atom. The summed E-state index contributed by atoms with van der Waals surface area (Å²) in [6, 6.07) is 0. The third-order valence-corrected chi connectivity index (χ3v) is 16.4. The van der Waals surface area contributed by atoms with E-state index in [0.29, 0.717) is 73.9 Å². The van der Waals surface area contributed by atoms with E-state index < -0.39 is 43.5 Å². The number of alkyl halides is 7. The second-order valence-electron chi connectivity index (χ2n) is 25.9. The number of halogens is 7. The largest absolute Gasteiger partial charge is 0.414 e. The van der Waals surface area contributed by atoms with Crippen LogP contribution in [0.15, 0.2) is 6.33 Å². The molecule has 9 nitrogen and oxygen atoms in total. The fourth-order valence-electron chi connectivity index (χ4n) is 9.87. The second kappa shape index (κ2) is 61.6. The molecule has 0 amide bonds. The van der Waals surface area contributed by atoms with E-state index in [1.54, 1.807) is 20.2 Å². The van der Waals surface area contributed by atoms with Crippen LogP contribution in [0.25, 0.3) is 0 Å². The summed E-state index contributed by atoms with van der Waals surface area (Å²) < 4.78 is 85.0. The van der Waals surface area contributed by atoms with Gasteiger partial charge in [-0.25, -0.2) is 18.2 Å². The van der Waals surface area contributed by atoms with Gasteiger partial charge in [0.1, 0.15) is 24.9 Å². The highest BCUT2D eigenvalue weighted by Crippen LogP contribution is 2.33. The van der Waals surface area contributed by atoms with Crippen LogP contribution in [0.3, 0.4) is 0 Å². The summed E-state index contributed by atoms with van der Waals surface area (Å²) in [5.41, 5.74) is 0. The molecule has 0 saturated carbocycles. The van der Waals surface area contributed by atoms with Gasteiger partial charge in [-0.05, 0) is 128 Å². The van der Waals surface area contributed by atoms with E-state index in [9.17, 15) is 40.9 Å². The molecule has 16 heteroatoms. The van der Waals surface area contributed by atoms with Crippen molar-refractivity contribution in [2.24, 2.45) is 76.9 Å². The Morgan fingerprint density at radius 2 is 0.821 bits per heavy atom. The van der Waals surface area contributed by atoms with Crippen LogP contribution < -0.4 is 0 Å². The van der Waals surface area contributed by atoms with Crippen LogP contribution in [0.4, 0.5) is 30.7 Å². The third-order valence-electron chi connectivity index (χ3n) is 16.4. The van der Waals surface area contributed by atoms with Gasteiger partial charge in [0.25, 0.3) is 6.43 Å². The molecule has 0 aliphatic carbocycles. The Kier molecular flexibility index (Phi) is 68.6. The summed E-state index contributed by atoms with van der Waals surface area (Å²) in [5, 5.41) is 61.2. The number of H-pyrrole nitrogens is 1. The zero-order chi connectivity index (χ0) is 66.4. The Bertz CT molecular complexity index is 1410. The Labute approximate surface area is 513 Å². The number of aliphatic hydroxyl groups is 6. The quantitative estimate of drug-likeness (QED) is 0.0253. The molecule has 0 saturated heterocycles. The van der Waals surface area contributed by atoms with E-state index in [0.717, 1.165) is 81.9 Å². The van der Waals surface area contributed by atoms with Crippen molar-refractivity contribution >= 4 is 0 Å². The molecule has 84 heavy (non-hydrogen) atoms. The average molecular weight is 1230 g/mol. The zero-order valence-electron chi connectivity index (χ0n) is 57.8. The minimum atomic E-state index is -4.48. The molecule has 7 N–H and O–H groups in total. The summed E-state index contributed by atoms with van der Waals surface area (Å²) in [5.74, 6) is 5.29. The first-order valence-electron chi connectivity index (χ1n) is 33.5. The maximum absolute atomic E-state index is 12.2. The molecule has 0 bridgehead atoms. The summed E-state index contributed by atoms with van der Waals surface area (Å²) in [6.07, 6.45) is 12.6. The maximum atomic E-state index is 12.2. The lowest BCUT2D eigenvalue weighted by molar-refractivity contribution is -0.224. The number of aromatic nitrogens is 3. The molecule has 0 aromatic carbocycles. The van der Waals surface area contributed by atoms with Crippen molar-refractivity contribution in [3.63, 3.8) is 0 Å². The number of hydrogen-bond acceptors (Lipinski definition) is 8. The van der Waals surface area contributed by atoms with Gasteiger partial charge in [-0.3, -0.25) is 9.49 Å². The molecule has 10 atom stereocenters. The molecule has 0 aliphatic rings. The third kappa shape index (κ3) is 53.4. The monoisotopic (exact) mass is 1230 g/mol. The highest BCUT2D eigenvalue weighted by Gasteiger charge is 2.44. The van der Waals surface area contributed by atoms with Crippen molar-refractivity contribution in [2.45, 2.75) is 317 Å². The average Bonchev–Trinajstić information content (AvgIpc) is 3.97. The summed E-state index contributed by atoms with van der Waals surface area (Å²) in [7, 11) is 0. The number of nitrogens with one attached hydrogen (secondary N) is 1. The molecular weight excluding hydrogens is 1090 g/mol. The van der Waals surface area contributed by atoms with E-state index in [2.05, 4.69) is 98.3 Å². The van der Waals surface area contributed by atoms with Crippen molar-refractivity contribution in [1.29, 1.82) is 0 Å². The number of unbranched alkanes of at least 4 members (excludes halogenated alkanes) is 7. The van der Waals surface area contributed by atoms with E-state index >= 15 is 0 Å². The van der Waals surface area contributed by atoms with Crippen molar-refractivity contribution in [3.05, 3.63) is 12.2 Å². The topological polar surface area (TPSA) is 163 Å². The number of rotatable bonds is 39. The molecule has 1 aromatic heterocycles. The van der Waals surface area contributed by atoms with Crippen LogP contribution >= 0.6 is 0 Å². The van der Waals surface area contributed by atoms with Crippen LogP contribution in [0, 0.1) is 76.9 Å². The number of aliphatic hydroxyl groups excluding tert-OH is 6. The lowest BCUT2D eigenvalue weighted by Crippen LogP contribution is -2.38. The molecule has 0 fully saturated rings. The van der Waals surface area contributed by atoms with Gasteiger partial charge in [0.2, 0.25) is 0 Å². The van der Waals surface area contributed by atoms with E-state index in [1.165, 1.54) is 57.8 Å². The summed E-state index contributed by atoms with van der Waals surface area (Å²) in [6.45, 7) is 41.6. The molecular formula is C68H140F7N3O6. The highest BCUT2D eigenvalue weighted by molar-refractivity contribution is 4.94. The lowest BCUT2D eigenvalue weighted by Gasteiger charge is -2.27. The van der Waals surface area contributed by atoms with Gasteiger partial charge in [0.05, 0.1) is 12.8 Å². The Morgan fingerprint density at radius 1 is 0.452 bits per heavy atom. The first kappa shape index (κ1) is 93.5. The molecule has 512 valence electrons. The molecule has 0 spiro atoms. The Balaban J connectivity index is -0.000000212. The number of nitrogens with zero attached hydrogens (tertiary/aromatic N) is 2. The minimum Gasteiger partial charge on any atom is -0.396 e. The number of hydrogen-bond donors (Lipinski definition) is 7. The van der Waals surface area contributed by atoms with Gasteiger partial charge < -0.3 is 30.6 Å². The normalized spacial score (nSPS) is 15.2.